The van der Waals surface area contributed by atoms with Crippen LogP contribution in [-0.4, -0.2) is 27.4 Å². The third kappa shape index (κ3) is 4.05. The van der Waals surface area contributed by atoms with E-state index in [1.807, 2.05) is 24.3 Å². The van der Waals surface area contributed by atoms with Crippen molar-refractivity contribution in [3.63, 3.8) is 0 Å². The molecule has 1 aliphatic heterocycles. The minimum atomic E-state index is -0.626. The Morgan fingerprint density at radius 2 is 2.09 bits per heavy atom. The molecule has 0 aromatic carbocycles. The van der Waals surface area contributed by atoms with Crippen molar-refractivity contribution >= 4 is 17.8 Å². The van der Waals surface area contributed by atoms with Crippen LogP contribution in [0.25, 0.3) is 6.08 Å². The smallest absolute Gasteiger partial charge is 0.406 e. The molecular formula is C24H22N4O6. The number of aryl methyl sites for hydroxylation is 1. The fraction of sp³-hybridized carbons (Fsp3) is 0.250. The van der Waals surface area contributed by atoms with Crippen LogP contribution in [-0.2, 0) is 4.79 Å². The number of carbonyl (C=O) groups excluding carboxylic acids is 1. The standard InChI is InChI=1S/C24H22N4O6/c1-15-9-10-20(24(25-15)28(30)31)34-14-21(29)27-23(19-8-4-12-33-19)18-7-2-5-16(22(18)26-27)13-17-6-3-11-32-17/h3-4,6,8-13,23,26H,2,5,7,14H2,1H3/b16-13+/t23-/m1/s1. The summed E-state index contributed by atoms with van der Waals surface area (Å²) in [7, 11) is 0. The molecule has 0 saturated heterocycles. The Bertz CT molecular complexity index is 1280. The third-order valence-electron chi connectivity index (χ3n) is 5.80. The van der Waals surface area contributed by atoms with Gasteiger partial charge in [-0.1, -0.05) is 0 Å². The second-order valence-electron chi connectivity index (χ2n) is 8.05. The van der Waals surface area contributed by atoms with E-state index in [1.54, 1.807) is 31.6 Å². The van der Waals surface area contributed by atoms with Crippen molar-refractivity contribution < 1.29 is 23.3 Å². The Hall–Kier alpha value is -4.34. The molecule has 0 unspecified atom stereocenters. The van der Waals surface area contributed by atoms with E-state index in [2.05, 4.69) is 10.4 Å². The number of furan rings is 2. The molecule has 5 rings (SSSR count). The first-order chi connectivity index (χ1) is 16.5. The quantitative estimate of drug-likeness (QED) is 0.420. The summed E-state index contributed by atoms with van der Waals surface area (Å²) < 4.78 is 16.7. The first-order valence-corrected chi connectivity index (χ1v) is 10.9. The van der Waals surface area contributed by atoms with Gasteiger partial charge in [0.2, 0.25) is 5.75 Å². The zero-order valence-corrected chi connectivity index (χ0v) is 18.4. The highest BCUT2D eigenvalue weighted by Gasteiger charge is 2.41. The summed E-state index contributed by atoms with van der Waals surface area (Å²) in [5, 5.41) is 12.8. The van der Waals surface area contributed by atoms with Crippen molar-refractivity contribution in [1.29, 1.82) is 0 Å². The number of ether oxygens (including phenoxy) is 1. The maximum Gasteiger partial charge on any atom is 0.406 e. The topological polar surface area (TPSA) is 124 Å². The second kappa shape index (κ2) is 8.89. The lowest BCUT2D eigenvalue weighted by Crippen LogP contribution is -2.42. The van der Waals surface area contributed by atoms with Crippen molar-refractivity contribution in [2.75, 3.05) is 6.61 Å². The first kappa shape index (κ1) is 21.5. The van der Waals surface area contributed by atoms with E-state index in [0.29, 0.717) is 11.5 Å². The molecule has 4 heterocycles. The number of allylic oxidation sites excluding steroid dienone is 1. The predicted octanol–water partition coefficient (Wildman–Crippen LogP) is 4.47. The summed E-state index contributed by atoms with van der Waals surface area (Å²) in [5.41, 5.74) is 6.65. The van der Waals surface area contributed by atoms with Crippen LogP contribution < -0.4 is 10.2 Å². The normalized spacial score (nSPS) is 18.7. The van der Waals surface area contributed by atoms with Gasteiger partial charge in [-0.3, -0.25) is 10.2 Å². The van der Waals surface area contributed by atoms with Crippen molar-refractivity contribution in [3.8, 4) is 5.75 Å². The molecule has 10 nitrogen and oxygen atoms in total. The molecule has 1 aliphatic carbocycles. The lowest BCUT2D eigenvalue weighted by molar-refractivity contribution is -0.390. The first-order valence-electron chi connectivity index (χ1n) is 10.9. The fourth-order valence-corrected chi connectivity index (χ4v) is 4.31. The number of hydrazine groups is 1. The van der Waals surface area contributed by atoms with Crippen LogP contribution in [0.15, 0.2) is 74.6 Å². The van der Waals surface area contributed by atoms with Gasteiger partial charge in [0.15, 0.2) is 6.61 Å². The maximum atomic E-state index is 13.3. The summed E-state index contributed by atoms with van der Waals surface area (Å²) in [5.74, 6) is 0.461. The largest absolute Gasteiger partial charge is 0.475 e. The van der Waals surface area contributed by atoms with Crippen LogP contribution in [0, 0.1) is 17.0 Å². The van der Waals surface area contributed by atoms with E-state index < -0.39 is 29.3 Å². The molecule has 1 N–H and O–H groups in total. The Labute approximate surface area is 194 Å². The molecule has 0 radical (unpaired) electrons. The van der Waals surface area contributed by atoms with E-state index in [0.717, 1.165) is 41.9 Å². The minimum Gasteiger partial charge on any atom is -0.475 e. The van der Waals surface area contributed by atoms with Crippen LogP contribution in [0.1, 0.15) is 42.5 Å². The van der Waals surface area contributed by atoms with Crippen LogP contribution in [0.2, 0.25) is 0 Å². The number of nitro groups is 1. The minimum absolute atomic E-state index is 0.0613. The van der Waals surface area contributed by atoms with E-state index >= 15 is 0 Å². The zero-order chi connectivity index (χ0) is 23.7. The van der Waals surface area contributed by atoms with Gasteiger partial charge in [0.05, 0.1) is 18.2 Å². The average Bonchev–Trinajstić information content (AvgIpc) is 3.58. The van der Waals surface area contributed by atoms with Gasteiger partial charge in [0.1, 0.15) is 23.3 Å². The SMILES string of the molecule is Cc1ccc(OCC(=O)N2NC3=C(CCC/C3=C\c3ccco3)[C@@H]2c2ccco2)c([N+](=O)[O-])n1. The molecule has 0 spiro atoms. The van der Waals surface area contributed by atoms with Crippen LogP contribution in [0.3, 0.4) is 0 Å². The van der Waals surface area contributed by atoms with Crippen molar-refractivity contribution in [2.24, 2.45) is 0 Å². The number of nitrogens with one attached hydrogen (secondary N) is 1. The van der Waals surface area contributed by atoms with E-state index in [1.165, 1.54) is 11.1 Å². The maximum absolute atomic E-state index is 13.3. The summed E-state index contributed by atoms with van der Waals surface area (Å²) in [6.45, 7) is 1.24. The summed E-state index contributed by atoms with van der Waals surface area (Å²) >= 11 is 0. The Morgan fingerprint density at radius 1 is 1.26 bits per heavy atom. The molecule has 1 amide bonds. The lowest BCUT2D eigenvalue weighted by atomic mass is 9.88. The summed E-state index contributed by atoms with van der Waals surface area (Å²) in [4.78, 5) is 27.9. The summed E-state index contributed by atoms with van der Waals surface area (Å²) in [6, 6.07) is 9.89. The Kier molecular flexibility index (Phi) is 5.62. The highest BCUT2D eigenvalue weighted by atomic mass is 16.6. The average molecular weight is 462 g/mol. The molecule has 10 heteroatoms. The Morgan fingerprint density at radius 3 is 2.82 bits per heavy atom. The zero-order valence-electron chi connectivity index (χ0n) is 18.4. The molecule has 0 saturated carbocycles. The molecular weight excluding hydrogens is 440 g/mol. The molecule has 174 valence electrons. The third-order valence-corrected chi connectivity index (χ3v) is 5.80. The monoisotopic (exact) mass is 462 g/mol. The number of aromatic nitrogens is 1. The number of nitrogens with zero attached hydrogens (tertiary/aromatic N) is 3. The lowest BCUT2D eigenvalue weighted by Gasteiger charge is -2.25. The summed E-state index contributed by atoms with van der Waals surface area (Å²) in [6.07, 6.45) is 7.69. The number of amides is 1. The van der Waals surface area contributed by atoms with Gasteiger partial charge in [-0.25, -0.2) is 5.01 Å². The molecule has 0 fully saturated rings. The predicted molar refractivity (Wildman–Crippen MR) is 120 cm³/mol. The molecule has 0 bridgehead atoms. The van der Waals surface area contributed by atoms with Crippen molar-refractivity contribution in [2.45, 2.75) is 32.2 Å². The highest BCUT2D eigenvalue weighted by molar-refractivity contribution is 5.80. The van der Waals surface area contributed by atoms with Crippen molar-refractivity contribution in [3.05, 3.63) is 93.1 Å². The van der Waals surface area contributed by atoms with Gasteiger partial charge in [-0.15, -0.1) is 0 Å². The van der Waals surface area contributed by atoms with Gasteiger partial charge in [0.25, 0.3) is 5.91 Å². The number of hydrogen-bond donors (Lipinski definition) is 1. The van der Waals surface area contributed by atoms with Gasteiger partial charge < -0.3 is 23.7 Å². The Balaban J connectivity index is 1.42. The van der Waals surface area contributed by atoms with Gasteiger partial charge in [0, 0.05) is 6.92 Å². The molecule has 3 aromatic rings. The molecule has 3 aromatic heterocycles. The van der Waals surface area contributed by atoms with Gasteiger partial charge in [-0.05, 0) is 82.8 Å². The number of hydrogen-bond acceptors (Lipinski definition) is 8. The fourth-order valence-electron chi connectivity index (χ4n) is 4.31. The van der Waals surface area contributed by atoms with Crippen LogP contribution >= 0.6 is 0 Å². The van der Waals surface area contributed by atoms with E-state index in [4.69, 9.17) is 13.6 Å². The number of rotatable bonds is 6. The molecule has 1 atom stereocenters. The van der Waals surface area contributed by atoms with E-state index in [-0.39, 0.29) is 5.75 Å². The van der Waals surface area contributed by atoms with E-state index in [9.17, 15) is 14.9 Å². The second-order valence-corrected chi connectivity index (χ2v) is 8.05. The van der Waals surface area contributed by atoms with Crippen LogP contribution in [0.5, 0.6) is 5.75 Å². The number of carbonyl (C=O) groups is 1. The highest BCUT2D eigenvalue weighted by Crippen LogP contribution is 2.44. The number of pyridine rings is 1. The van der Waals surface area contributed by atoms with Gasteiger partial charge in [-0.2, -0.15) is 0 Å². The van der Waals surface area contributed by atoms with Crippen molar-refractivity contribution in [1.82, 2.24) is 15.4 Å². The van der Waals surface area contributed by atoms with Crippen LogP contribution in [0.4, 0.5) is 5.82 Å². The molecule has 34 heavy (non-hydrogen) atoms. The van der Waals surface area contributed by atoms with Gasteiger partial charge >= 0.3 is 5.82 Å². The molecule has 2 aliphatic rings.